The number of halogens is 1. The number of hydrogen-bond acceptors (Lipinski definition) is 2. The van der Waals surface area contributed by atoms with Crippen LogP contribution >= 0.6 is 23.4 Å². The second-order valence-corrected chi connectivity index (χ2v) is 6.86. The molecule has 1 aliphatic rings. The van der Waals surface area contributed by atoms with Crippen LogP contribution < -0.4 is 5.32 Å². The first-order valence-corrected chi connectivity index (χ1v) is 8.73. The molecule has 1 N–H and O–H groups in total. The third-order valence-corrected chi connectivity index (χ3v) is 5.74. The zero-order chi connectivity index (χ0) is 14.5. The maximum atomic E-state index is 12.3. The minimum atomic E-state index is -0.0261. The van der Waals surface area contributed by atoms with Crippen molar-refractivity contribution in [2.24, 2.45) is 5.92 Å². The van der Waals surface area contributed by atoms with E-state index < -0.39 is 0 Å². The van der Waals surface area contributed by atoms with Crippen molar-refractivity contribution in [3.63, 3.8) is 0 Å². The van der Waals surface area contributed by atoms with E-state index in [1.165, 1.54) is 4.90 Å². The van der Waals surface area contributed by atoms with Crippen molar-refractivity contribution in [2.75, 3.05) is 12.3 Å². The molecule has 0 saturated heterocycles. The molecule has 1 aromatic carbocycles. The van der Waals surface area contributed by atoms with Gasteiger partial charge in [-0.15, -0.1) is 23.4 Å². The Balaban J connectivity index is 1.91. The standard InChI is InChI=1S/C16H22ClNOS/c1-3-11(4-2)14(17)9-18-16(19)13-10-20-15-8-6-5-7-12(13)15/h5-8,11,13-14H,3-4,9-10H2,1-2H3,(H,18,19). The topological polar surface area (TPSA) is 29.1 Å². The Morgan fingerprint density at radius 2 is 2.10 bits per heavy atom. The van der Waals surface area contributed by atoms with Crippen molar-refractivity contribution >= 4 is 29.3 Å². The molecule has 0 radical (unpaired) electrons. The first kappa shape index (κ1) is 15.7. The molecule has 110 valence electrons. The van der Waals surface area contributed by atoms with Gasteiger partial charge >= 0.3 is 0 Å². The van der Waals surface area contributed by atoms with Gasteiger partial charge in [-0.1, -0.05) is 44.9 Å². The van der Waals surface area contributed by atoms with Gasteiger partial charge in [0.2, 0.25) is 5.91 Å². The van der Waals surface area contributed by atoms with E-state index in [-0.39, 0.29) is 17.2 Å². The van der Waals surface area contributed by atoms with Crippen LogP contribution in [0.4, 0.5) is 0 Å². The maximum Gasteiger partial charge on any atom is 0.228 e. The highest BCUT2D eigenvalue weighted by atomic mass is 35.5. The summed E-state index contributed by atoms with van der Waals surface area (Å²) in [6.45, 7) is 4.86. The Morgan fingerprint density at radius 1 is 1.40 bits per heavy atom. The normalized spacial score (nSPS) is 18.9. The maximum absolute atomic E-state index is 12.3. The van der Waals surface area contributed by atoms with Crippen LogP contribution in [0.2, 0.25) is 0 Å². The van der Waals surface area contributed by atoms with Gasteiger partial charge in [-0.25, -0.2) is 0 Å². The lowest BCUT2D eigenvalue weighted by molar-refractivity contribution is -0.122. The summed E-state index contributed by atoms with van der Waals surface area (Å²) in [5, 5.41) is 3.06. The summed E-state index contributed by atoms with van der Waals surface area (Å²) in [4.78, 5) is 13.6. The van der Waals surface area contributed by atoms with Gasteiger partial charge in [0.25, 0.3) is 0 Å². The highest BCUT2D eigenvalue weighted by Gasteiger charge is 2.29. The molecule has 2 atom stereocenters. The van der Waals surface area contributed by atoms with Crippen LogP contribution in [0.15, 0.2) is 29.2 Å². The minimum Gasteiger partial charge on any atom is -0.354 e. The van der Waals surface area contributed by atoms with Crippen LogP contribution in [0, 0.1) is 5.92 Å². The lowest BCUT2D eigenvalue weighted by atomic mass is 9.98. The summed E-state index contributed by atoms with van der Waals surface area (Å²) in [7, 11) is 0. The summed E-state index contributed by atoms with van der Waals surface area (Å²) in [5.41, 5.74) is 1.16. The minimum absolute atomic E-state index is 0.0261. The largest absolute Gasteiger partial charge is 0.354 e. The molecule has 0 saturated carbocycles. The van der Waals surface area contributed by atoms with Crippen molar-refractivity contribution in [1.29, 1.82) is 0 Å². The number of amides is 1. The number of alkyl halides is 1. The van der Waals surface area contributed by atoms with Gasteiger partial charge in [0.05, 0.1) is 11.3 Å². The zero-order valence-electron chi connectivity index (χ0n) is 12.1. The molecular weight excluding hydrogens is 290 g/mol. The zero-order valence-corrected chi connectivity index (χ0v) is 13.6. The molecule has 1 aliphatic heterocycles. The number of fused-ring (bicyclic) bond motifs is 1. The summed E-state index contributed by atoms with van der Waals surface area (Å²) < 4.78 is 0. The molecule has 1 heterocycles. The Morgan fingerprint density at radius 3 is 2.80 bits per heavy atom. The third-order valence-electron chi connectivity index (χ3n) is 4.05. The van der Waals surface area contributed by atoms with Crippen LogP contribution in [0.25, 0.3) is 0 Å². The number of carbonyl (C=O) groups is 1. The fourth-order valence-electron chi connectivity index (χ4n) is 2.67. The molecule has 0 bridgehead atoms. The molecule has 0 spiro atoms. The second kappa shape index (κ2) is 7.37. The predicted octanol–water partition coefficient (Wildman–Crippen LogP) is 4.04. The van der Waals surface area contributed by atoms with Crippen molar-refractivity contribution in [3.05, 3.63) is 29.8 Å². The Hall–Kier alpha value is -0.670. The molecule has 1 amide bonds. The molecular formula is C16H22ClNOS. The van der Waals surface area contributed by atoms with Crippen molar-refractivity contribution in [3.8, 4) is 0 Å². The van der Waals surface area contributed by atoms with Gasteiger partial charge in [0.15, 0.2) is 0 Å². The molecule has 2 nitrogen and oxygen atoms in total. The van der Waals surface area contributed by atoms with Gasteiger partial charge in [-0.3, -0.25) is 4.79 Å². The Bertz CT molecular complexity index is 462. The molecule has 1 aromatic rings. The molecule has 20 heavy (non-hydrogen) atoms. The predicted molar refractivity (Wildman–Crippen MR) is 86.6 cm³/mol. The first-order chi connectivity index (χ1) is 9.67. The van der Waals surface area contributed by atoms with Gasteiger partial charge < -0.3 is 5.32 Å². The lowest BCUT2D eigenvalue weighted by Gasteiger charge is -2.20. The van der Waals surface area contributed by atoms with Crippen LogP contribution in [-0.2, 0) is 4.79 Å². The van der Waals surface area contributed by atoms with E-state index in [1.54, 1.807) is 11.8 Å². The highest BCUT2D eigenvalue weighted by molar-refractivity contribution is 7.99. The van der Waals surface area contributed by atoms with E-state index in [1.807, 2.05) is 12.1 Å². The average Bonchev–Trinajstić information content (AvgIpc) is 2.90. The van der Waals surface area contributed by atoms with Crippen molar-refractivity contribution in [1.82, 2.24) is 5.32 Å². The van der Waals surface area contributed by atoms with E-state index in [0.717, 1.165) is 24.2 Å². The van der Waals surface area contributed by atoms with Crippen molar-refractivity contribution < 1.29 is 4.79 Å². The highest BCUT2D eigenvalue weighted by Crippen LogP contribution is 2.39. The van der Waals surface area contributed by atoms with Crippen LogP contribution in [-0.4, -0.2) is 23.6 Å². The molecule has 4 heteroatoms. The van der Waals surface area contributed by atoms with Gasteiger partial charge in [-0.2, -0.15) is 0 Å². The number of carbonyl (C=O) groups excluding carboxylic acids is 1. The fraction of sp³-hybridized carbons (Fsp3) is 0.562. The van der Waals surface area contributed by atoms with E-state index in [2.05, 4.69) is 31.3 Å². The van der Waals surface area contributed by atoms with Crippen LogP contribution in [0.5, 0.6) is 0 Å². The summed E-state index contributed by atoms with van der Waals surface area (Å²) in [6, 6.07) is 8.16. The van der Waals surface area contributed by atoms with E-state index in [0.29, 0.717) is 12.5 Å². The van der Waals surface area contributed by atoms with E-state index in [9.17, 15) is 4.79 Å². The molecule has 2 unspecified atom stereocenters. The number of thioether (sulfide) groups is 1. The summed E-state index contributed by atoms with van der Waals surface area (Å²) >= 11 is 8.14. The third kappa shape index (κ3) is 3.50. The molecule has 0 aliphatic carbocycles. The first-order valence-electron chi connectivity index (χ1n) is 7.30. The lowest BCUT2D eigenvalue weighted by Crippen LogP contribution is -2.36. The molecule has 0 aromatic heterocycles. The average molecular weight is 312 g/mol. The summed E-state index contributed by atoms with van der Waals surface area (Å²) in [5.74, 6) is 1.39. The van der Waals surface area contributed by atoms with Crippen molar-refractivity contribution in [2.45, 2.75) is 42.9 Å². The number of benzene rings is 1. The second-order valence-electron chi connectivity index (χ2n) is 5.24. The Labute approximate surface area is 130 Å². The SMILES string of the molecule is CCC(CC)C(Cl)CNC(=O)C1CSc2ccccc21. The quantitative estimate of drug-likeness (QED) is 0.803. The monoisotopic (exact) mass is 311 g/mol. The van der Waals surface area contributed by atoms with E-state index in [4.69, 9.17) is 11.6 Å². The van der Waals surface area contributed by atoms with Crippen LogP contribution in [0.1, 0.15) is 38.2 Å². The number of nitrogens with one attached hydrogen (secondary N) is 1. The number of hydrogen-bond donors (Lipinski definition) is 1. The van der Waals surface area contributed by atoms with Gasteiger partial charge in [0.1, 0.15) is 0 Å². The molecule has 0 fully saturated rings. The van der Waals surface area contributed by atoms with Crippen LogP contribution in [0.3, 0.4) is 0 Å². The Kier molecular flexibility index (Phi) is 5.79. The fourth-order valence-corrected chi connectivity index (χ4v) is 4.33. The number of rotatable bonds is 6. The molecule has 2 rings (SSSR count). The van der Waals surface area contributed by atoms with E-state index >= 15 is 0 Å². The van der Waals surface area contributed by atoms with Gasteiger partial charge in [-0.05, 0) is 17.5 Å². The smallest absolute Gasteiger partial charge is 0.228 e. The van der Waals surface area contributed by atoms with Gasteiger partial charge in [0, 0.05) is 17.2 Å². The summed E-state index contributed by atoms with van der Waals surface area (Å²) in [6.07, 6.45) is 2.12.